The monoisotopic (exact) mass is 335 g/mol. The van der Waals surface area contributed by atoms with Gasteiger partial charge >= 0.3 is 12.2 Å². The number of anilines is 1. The van der Waals surface area contributed by atoms with Crippen molar-refractivity contribution in [2.75, 3.05) is 4.90 Å². The number of rotatable bonds is 2. The van der Waals surface area contributed by atoms with E-state index in [4.69, 9.17) is 15.0 Å². The van der Waals surface area contributed by atoms with Crippen LogP contribution in [0.5, 0.6) is 0 Å². The fourth-order valence-corrected chi connectivity index (χ4v) is 1.55. The first-order valence-electron chi connectivity index (χ1n) is 7.20. The second kappa shape index (κ2) is 7.18. The summed E-state index contributed by atoms with van der Waals surface area (Å²) in [5, 5.41) is 3.36. The van der Waals surface area contributed by atoms with Crippen molar-refractivity contribution in [2.45, 2.75) is 52.7 Å². The summed E-state index contributed by atoms with van der Waals surface area (Å²) in [5.41, 5.74) is 7.00. The maximum absolute atomic E-state index is 12.4. The fourth-order valence-electron chi connectivity index (χ4n) is 1.55. The normalized spacial score (nSPS) is 11.2. The number of carbonyl (C=O) groups excluding carboxylic acids is 2. The first-order valence-corrected chi connectivity index (χ1v) is 7.20. The lowest BCUT2D eigenvalue weighted by molar-refractivity contribution is 0.0431. The van der Waals surface area contributed by atoms with Gasteiger partial charge in [0.25, 0.3) is 0 Å². The molecular formula is C15H21N5O4. The highest BCUT2D eigenvalue weighted by Gasteiger charge is 2.32. The zero-order valence-corrected chi connectivity index (χ0v) is 14.6. The van der Waals surface area contributed by atoms with Gasteiger partial charge < -0.3 is 9.47 Å². The molecule has 1 heterocycles. The average Bonchev–Trinajstić information content (AvgIpc) is 2.35. The van der Waals surface area contributed by atoms with Crippen LogP contribution in [0.15, 0.2) is 23.4 Å². The molecule has 0 spiro atoms. The first kappa shape index (κ1) is 19.2. The number of hydrogen-bond donors (Lipinski definition) is 0. The van der Waals surface area contributed by atoms with Crippen molar-refractivity contribution in [3.8, 4) is 0 Å². The molecule has 0 aliphatic heterocycles. The van der Waals surface area contributed by atoms with Gasteiger partial charge in [-0.3, -0.25) is 4.98 Å². The van der Waals surface area contributed by atoms with E-state index in [-0.39, 0.29) is 11.5 Å². The number of ether oxygens (including phenoxy) is 2. The van der Waals surface area contributed by atoms with E-state index in [0.717, 1.165) is 4.90 Å². The second-order valence-corrected chi connectivity index (χ2v) is 6.86. The maximum atomic E-state index is 12.4. The fraction of sp³-hybridized carbons (Fsp3) is 0.533. The SMILES string of the molecule is CC(C)(C)OC(=O)N(C(=O)OC(C)(C)C)c1ccnc(N=[N+]=[N-])c1. The Bertz CT molecular complexity index is 641. The van der Waals surface area contributed by atoms with E-state index < -0.39 is 23.4 Å². The molecule has 130 valence electrons. The Morgan fingerprint density at radius 3 is 2.04 bits per heavy atom. The van der Waals surface area contributed by atoms with E-state index in [9.17, 15) is 9.59 Å². The lowest BCUT2D eigenvalue weighted by atomic mass is 10.2. The molecule has 0 radical (unpaired) electrons. The maximum Gasteiger partial charge on any atom is 0.424 e. The number of imide groups is 1. The molecule has 0 aliphatic rings. The van der Waals surface area contributed by atoms with E-state index in [2.05, 4.69) is 15.0 Å². The topological polar surface area (TPSA) is 117 Å². The van der Waals surface area contributed by atoms with Gasteiger partial charge in [-0.25, -0.2) is 9.59 Å². The van der Waals surface area contributed by atoms with Gasteiger partial charge in [0.05, 0.1) is 5.69 Å². The molecule has 0 atom stereocenters. The smallest absolute Gasteiger partial charge is 0.424 e. The molecule has 0 aromatic carbocycles. The molecule has 9 heteroatoms. The Balaban J connectivity index is 3.27. The molecule has 0 fully saturated rings. The lowest BCUT2D eigenvalue weighted by Gasteiger charge is -2.28. The van der Waals surface area contributed by atoms with E-state index >= 15 is 0 Å². The van der Waals surface area contributed by atoms with Crippen molar-refractivity contribution in [1.29, 1.82) is 0 Å². The summed E-state index contributed by atoms with van der Waals surface area (Å²) < 4.78 is 10.5. The van der Waals surface area contributed by atoms with Gasteiger partial charge in [-0.2, -0.15) is 4.90 Å². The van der Waals surface area contributed by atoms with Crippen molar-refractivity contribution in [1.82, 2.24) is 4.98 Å². The number of hydrogen-bond acceptors (Lipinski definition) is 6. The van der Waals surface area contributed by atoms with E-state index in [0.29, 0.717) is 0 Å². The standard InChI is InChI=1S/C15H21N5O4/c1-14(2,3)23-12(21)20(13(22)24-15(4,5)6)10-7-8-17-11(9-10)18-19-16/h7-9H,1-6H3. The van der Waals surface area contributed by atoms with E-state index in [1.807, 2.05) is 0 Å². The largest absolute Gasteiger partial charge is 0.443 e. The molecule has 0 unspecified atom stereocenters. The molecule has 1 aromatic heterocycles. The van der Waals surface area contributed by atoms with Gasteiger partial charge in [-0.05, 0) is 64.3 Å². The molecule has 24 heavy (non-hydrogen) atoms. The van der Waals surface area contributed by atoms with Crippen molar-refractivity contribution >= 4 is 23.7 Å². The minimum absolute atomic E-state index is 0.00659. The van der Waals surface area contributed by atoms with Crippen molar-refractivity contribution in [2.24, 2.45) is 5.11 Å². The molecular weight excluding hydrogens is 314 g/mol. The highest BCUT2D eigenvalue weighted by Crippen LogP contribution is 2.24. The average molecular weight is 335 g/mol. The number of aromatic nitrogens is 1. The van der Waals surface area contributed by atoms with Gasteiger partial charge in [-0.1, -0.05) is 0 Å². The zero-order valence-electron chi connectivity index (χ0n) is 14.6. The molecule has 1 aromatic rings. The molecule has 0 N–H and O–H groups in total. The van der Waals surface area contributed by atoms with Crippen LogP contribution in [0.4, 0.5) is 21.1 Å². The van der Waals surface area contributed by atoms with Gasteiger partial charge in [-0.15, -0.1) is 0 Å². The van der Waals surface area contributed by atoms with Gasteiger partial charge in [0, 0.05) is 11.1 Å². The van der Waals surface area contributed by atoms with Crippen LogP contribution in [-0.2, 0) is 9.47 Å². The van der Waals surface area contributed by atoms with Gasteiger partial charge in [0.15, 0.2) is 0 Å². The third kappa shape index (κ3) is 6.13. The summed E-state index contributed by atoms with van der Waals surface area (Å²) >= 11 is 0. The summed E-state index contributed by atoms with van der Waals surface area (Å²) in [4.78, 5) is 32.1. The van der Waals surface area contributed by atoms with E-state index in [1.54, 1.807) is 41.5 Å². The number of pyridine rings is 1. The Kier molecular flexibility index (Phi) is 5.76. The molecule has 2 amide bonds. The Hall–Kier alpha value is -2.80. The predicted octanol–water partition coefficient (Wildman–Crippen LogP) is 4.70. The number of carbonyl (C=O) groups is 2. The van der Waals surface area contributed by atoms with Crippen molar-refractivity contribution in [3.05, 3.63) is 28.8 Å². The Morgan fingerprint density at radius 1 is 1.12 bits per heavy atom. The summed E-state index contributed by atoms with van der Waals surface area (Å²) in [5.74, 6) is 0.00659. The van der Waals surface area contributed by atoms with E-state index in [1.165, 1.54) is 18.3 Å². The minimum Gasteiger partial charge on any atom is -0.443 e. The predicted molar refractivity (Wildman–Crippen MR) is 88.0 cm³/mol. The first-order chi connectivity index (χ1) is 10.9. The third-order valence-corrected chi connectivity index (χ3v) is 2.29. The molecule has 1 rings (SSSR count). The summed E-state index contributed by atoms with van der Waals surface area (Å²) in [6.45, 7) is 10.1. The number of nitrogens with zero attached hydrogens (tertiary/aromatic N) is 5. The summed E-state index contributed by atoms with van der Waals surface area (Å²) in [7, 11) is 0. The number of azide groups is 1. The van der Waals surface area contributed by atoms with Gasteiger partial charge in [0.1, 0.15) is 17.0 Å². The van der Waals surface area contributed by atoms with Crippen molar-refractivity contribution in [3.63, 3.8) is 0 Å². The molecule has 0 aliphatic carbocycles. The Labute approximate surface area is 140 Å². The molecule has 0 saturated heterocycles. The van der Waals surface area contributed by atoms with Crippen molar-refractivity contribution < 1.29 is 19.1 Å². The van der Waals surface area contributed by atoms with Crippen LogP contribution in [0, 0.1) is 0 Å². The second-order valence-electron chi connectivity index (χ2n) is 6.86. The Morgan fingerprint density at radius 2 is 1.62 bits per heavy atom. The molecule has 0 saturated carbocycles. The van der Waals surface area contributed by atoms with Crippen LogP contribution in [0.2, 0.25) is 0 Å². The zero-order chi connectivity index (χ0) is 18.5. The third-order valence-electron chi connectivity index (χ3n) is 2.29. The minimum atomic E-state index is -0.908. The van der Waals surface area contributed by atoms with Crippen LogP contribution < -0.4 is 4.90 Å². The number of amides is 2. The summed E-state index contributed by atoms with van der Waals surface area (Å²) in [6.07, 6.45) is -0.508. The summed E-state index contributed by atoms with van der Waals surface area (Å²) in [6, 6.07) is 2.69. The van der Waals surface area contributed by atoms with Crippen LogP contribution in [0.25, 0.3) is 10.4 Å². The highest BCUT2D eigenvalue weighted by molar-refractivity contribution is 6.09. The lowest BCUT2D eigenvalue weighted by Crippen LogP contribution is -2.43. The molecule has 0 bridgehead atoms. The highest BCUT2D eigenvalue weighted by atomic mass is 16.6. The van der Waals surface area contributed by atoms with Crippen LogP contribution >= 0.6 is 0 Å². The van der Waals surface area contributed by atoms with Crippen LogP contribution in [0.1, 0.15) is 41.5 Å². The molecule has 9 nitrogen and oxygen atoms in total. The quantitative estimate of drug-likeness (QED) is 0.441. The van der Waals surface area contributed by atoms with Gasteiger partial charge in [0.2, 0.25) is 0 Å². The van der Waals surface area contributed by atoms with Crippen LogP contribution in [-0.4, -0.2) is 28.4 Å². The van der Waals surface area contributed by atoms with Crippen LogP contribution in [0.3, 0.4) is 0 Å².